The molecule has 0 fully saturated rings. The Hall–Kier alpha value is -3.34. The minimum atomic E-state index is 0.643. The Morgan fingerprint density at radius 1 is 0.875 bits per heavy atom. The van der Waals surface area contributed by atoms with Crippen molar-refractivity contribution in [2.75, 3.05) is 5.73 Å². The maximum absolute atomic E-state index is 5.56. The van der Waals surface area contributed by atoms with Crippen LogP contribution in [0.2, 0.25) is 0 Å². The van der Waals surface area contributed by atoms with Gasteiger partial charge in [-0.15, -0.1) is 0 Å². The molecule has 0 saturated heterocycles. The Balaban J connectivity index is 0.000000141. The van der Waals surface area contributed by atoms with Gasteiger partial charge >= 0.3 is 0 Å². The van der Waals surface area contributed by atoms with Gasteiger partial charge in [-0.1, -0.05) is 0 Å². The van der Waals surface area contributed by atoms with E-state index in [9.17, 15) is 0 Å². The molecule has 0 bridgehead atoms. The average molecular weight is 319 g/mol. The highest BCUT2D eigenvalue weighted by molar-refractivity contribution is 5.60. The fraction of sp³-hybridized carbons (Fsp3) is 0.0526. The molecule has 0 aliphatic carbocycles. The van der Waals surface area contributed by atoms with Crippen molar-refractivity contribution in [1.82, 2.24) is 9.97 Å². The number of furan rings is 2. The number of anilines is 1. The summed E-state index contributed by atoms with van der Waals surface area (Å²) in [5, 5.41) is 0. The number of hydrogen-bond acceptors (Lipinski definition) is 5. The predicted molar refractivity (Wildman–Crippen MR) is 93.0 cm³/mol. The summed E-state index contributed by atoms with van der Waals surface area (Å²) in [6.45, 7) is 1.96. The van der Waals surface area contributed by atoms with Crippen LogP contribution >= 0.6 is 0 Å². The SMILES string of the molecule is Cc1cc(-c2ccco2)ccn1.Nc1cncc(-c2ccco2)c1. The van der Waals surface area contributed by atoms with Crippen molar-refractivity contribution in [3.63, 3.8) is 0 Å². The minimum Gasteiger partial charge on any atom is -0.464 e. The summed E-state index contributed by atoms with van der Waals surface area (Å²) < 4.78 is 10.4. The van der Waals surface area contributed by atoms with E-state index in [1.54, 1.807) is 31.1 Å². The molecular formula is C19H17N3O2. The van der Waals surface area contributed by atoms with Gasteiger partial charge in [-0.3, -0.25) is 9.97 Å². The summed E-state index contributed by atoms with van der Waals surface area (Å²) >= 11 is 0. The maximum Gasteiger partial charge on any atom is 0.135 e. The first-order chi connectivity index (χ1) is 11.7. The molecule has 4 rings (SSSR count). The fourth-order valence-electron chi connectivity index (χ4n) is 2.18. The van der Waals surface area contributed by atoms with Gasteiger partial charge in [0, 0.05) is 35.4 Å². The Morgan fingerprint density at radius 3 is 2.17 bits per heavy atom. The molecule has 5 nitrogen and oxygen atoms in total. The highest BCUT2D eigenvalue weighted by Gasteiger charge is 2.00. The molecule has 0 aliphatic rings. The highest BCUT2D eigenvalue weighted by Crippen LogP contribution is 2.20. The van der Waals surface area contributed by atoms with Crippen molar-refractivity contribution in [1.29, 1.82) is 0 Å². The normalized spacial score (nSPS) is 10.0. The summed E-state index contributed by atoms with van der Waals surface area (Å²) in [4.78, 5) is 8.06. The molecule has 0 aliphatic heterocycles. The van der Waals surface area contributed by atoms with Crippen molar-refractivity contribution in [3.05, 3.63) is 79.3 Å². The largest absolute Gasteiger partial charge is 0.464 e. The van der Waals surface area contributed by atoms with Crippen LogP contribution in [0.1, 0.15) is 5.69 Å². The van der Waals surface area contributed by atoms with E-state index < -0.39 is 0 Å². The maximum atomic E-state index is 5.56. The van der Waals surface area contributed by atoms with Crippen LogP contribution in [0.25, 0.3) is 22.6 Å². The molecule has 0 atom stereocenters. The third-order valence-electron chi connectivity index (χ3n) is 3.27. The third kappa shape index (κ3) is 3.89. The minimum absolute atomic E-state index is 0.643. The number of nitrogen functional groups attached to an aromatic ring is 1. The number of rotatable bonds is 2. The first kappa shape index (κ1) is 15.6. The molecule has 120 valence electrons. The number of nitrogens with two attached hydrogens (primary N) is 1. The molecule has 5 heteroatoms. The van der Waals surface area contributed by atoms with Crippen LogP contribution in [-0.4, -0.2) is 9.97 Å². The molecule has 0 radical (unpaired) electrons. The number of aryl methyl sites for hydroxylation is 1. The van der Waals surface area contributed by atoms with Gasteiger partial charge in [0.2, 0.25) is 0 Å². The van der Waals surface area contributed by atoms with Crippen molar-refractivity contribution in [2.24, 2.45) is 0 Å². The summed E-state index contributed by atoms with van der Waals surface area (Å²) in [6.07, 6.45) is 8.40. The zero-order chi connectivity index (χ0) is 16.8. The van der Waals surface area contributed by atoms with E-state index in [0.717, 1.165) is 28.3 Å². The molecular weight excluding hydrogens is 302 g/mol. The zero-order valence-corrected chi connectivity index (χ0v) is 13.2. The van der Waals surface area contributed by atoms with Crippen LogP contribution in [0.15, 0.2) is 82.4 Å². The lowest BCUT2D eigenvalue weighted by Crippen LogP contribution is -1.86. The second kappa shape index (κ2) is 7.28. The number of nitrogens with zero attached hydrogens (tertiary/aromatic N) is 2. The van der Waals surface area contributed by atoms with E-state index in [4.69, 9.17) is 14.6 Å². The molecule has 0 spiro atoms. The quantitative estimate of drug-likeness (QED) is 0.585. The van der Waals surface area contributed by atoms with Crippen LogP contribution in [0.4, 0.5) is 5.69 Å². The summed E-state index contributed by atoms with van der Waals surface area (Å²) in [6, 6.07) is 13.3. The first-order valence-corrected chi connectivity index (χ1v) is 7.43. The van der Waals surface area contributed by atoms with Gasteiger partial charge in [-0.05, 0) is 49.4 Å². The van der Waals surface area contributed by atoms with Gasteiger partial charge in [0.1, 0.15) is 11.5 Å². The molecule has 0 saturated carbocycles. The standard InChI is InChI=1S/C10H9NO.C9H8N2O/c1-8-7-9(4-5-11-8)10-3-2-6-12-10;10-8-4-7(5-11-6-8)9-2-1-3-12-9/h2-7H,1H3;1-6H,10H2. The van der Waals surface area contributed by atoms with Crippen molar-refractivity contribution in [2.45, 2.75) is 6.92 Å². The van der Waals surface area contributed by atoms with Gasteiger partial charge in [0.25, 0.3) is 0 Å². The van der Waals surface area contributed by atoms with E-state index >= 15 is 0 Å². The number of aromatic nitrogens is 2. The lowest BCUT2D eigenvalue weighted by Gasteiger charge is -1.96. The molecule has 24 heavy (non-hydrogen) atoms. The lowest BCUT2D eigenvalue weighted by atomic mass is 10.2. The topological polar surface area (TPSA) is 78.1 Å². The predicted octanol–water partition coefficient (Wildman–Crippen LogP) is 4.57. The van der Waals surface area contributed by atoms with Gasteiger partial charge in [0.05, 0.1) is 18.2 Å². The van der Waals surface area contributed by atoms with Gasteiger partial charge in [0.15, 0.2) is 0 Å². The van der Waals surface area contributed by atoms with Crippen molar-refractivity contribution < 1.29 is 8.83 Å². The van der Waals surface area contributed by atoms with Crippen molar-refractivity contribution >= 4 is 5.69 Å². The van der Waals surface area contributed by atoms with E-state index in [2.05, 4.69) is 9.97 Å². The van der Waals surface area contributed by atoms with E-state index in [-0.39, 0.29) is 0 Å². The Kier molecular flexibility index (Phi) is 4.72. The van der Waals surface area contributed by atoms with E-state index in [1.807, 2.05) is 49.4 Å². The van der Waals surface area contributed by atoms with Gasteiger partial charge in [-0.25, -0.2) is 0 Å². The van der Waals surface area contributed by atoms with Crippen LogP contribution in [0, 0.1) is 6.92 Å². The first-order valence-electron chi connectivity index (χ1n) is 7.43. The second-order valence-electron chi connectivity index (χ2n) is 5.15. The Morgan fingerprint density at radius 2 is 1.58 bits per heavy atom. The zero-order valence-electron chi connectivity index (χ0n) is 13.2. The van der Waals surface area contributed by atoms with Crippen molar-refractivity contribution in [3.8, 4) is 22.6 Å². The molecule has 4 aromatic heterocycles. The Labute approximate surface area is 139 Å². The highest BCUT2D eigenvalue weighted by atomic mass is 16.3. The van der Waals surface area contributed by atoms with Crippen LogP contribution in [-0.2, 0) is 0 Å². The molecule has 2 N–H and O–H groups in total. The van der Waals surface area contributed by atoms with Crippen LogP contribution < -0.4 is 5.73 Å². The van der Waals surface area contributed by atoms with Gasteiger partial charge < -0.3 is 14.6 Å². The van der Waals surface area contributed by atoms with Crippen LogP contribution in [0.5, 0.6) is 0 Å². The Bertz CT molecular complexity index is 809. The van der Waals surface area contributed by atoms with Crippen LogP contribution in [0.3, 0.4) is 0 Å². The molecule has 4 aromatic rings. The average Bonchev–Trinajstić information content (AvgIpc) is 3.29. The molecule has 0 amide bonds. The fourth-order valence-corrected chi connectivity index (χ4v) is 2.18. The second-order valence-corrected chi connectivity index (χ2v) is 5.15. The van der Waals surface area contributed by atoms with E-state index in [0.29, 0.717) is 5.69 Å². The summed E-state index contributed by atoms with van der Waals surface area (Å²) in [7, 11) is 0. The summed E-state index contributed by atoms with van der Waals surface area (Å²) in [5.41, 5.74) is 9.19. The van der Waals surface area contributed by atoms with Gasteiger partial charge in [-0.2, -0.15) is 0 Å². The summed E-state index contributed by atoms with van der Waals surface area (Å²) in [5.74, 6) is 1.68. The third-order valence-corrected chi connectivity index (χ3v) is 3.27. The monoisotopic (exact) mass is 319 g/mol. The molecule has 0 unspecified atom stereocenters. The lowest BCUT2D eigenvalue weighted by molar-refractivity contribution is 0.582. The molecule has 0 aromatic carbocycles. The number of pyridine rings is 2. The molecule has 4 heterocycles. The van der Waals surface area contributed by atoms with E-state index in [1.165, 1.54) is 0 Å². The smallest absolute Gasteiger partial charge is 0.135 e. The number of hydrogen-bond donors (Lipinski definition) is 1.